The van der Waals surface area contributed by atoms with Crippen molar-refractivity contribution in [1.82, 2.24) is 15.1 Å². The van der Waals surface area contributed by atoms with Crippen molar-refractivity contribution in [2.75, 3.05) is 47.4 Å². The molecule has 0 bridgehead atoms. The van der Waals surface area contributed by atoms with E-state index in [1.54, 1.807) is 25.1 Å². The van der Waals surface area contributed by atoms with Gasteiger partial charge in [0.05, 0.1) is 6.54 Å². The van der Waals surface area contributed by atoms with E-state index >= 15 is 0 Å². The number of carbonyl (C=O) groups is 1. The highest BCUT2D eigenvalue weighted by Crippen LogP contribution is 2.16. The zero-order chi connectivity index (χ0) is 21.9. The number of nitrogens with zero attached hydrogens (tertiary/aromatic N) is 3. The Kier molecular flexibility index (Phi) is 12.3. The largest absolute Gasteiger partial charge is 0.492 e. The SMILES string of the molecule is CCNC(=NCCc1cccc(C(=O)N(C)C)c1)N(C)CCOc1cccc(Cl)c1.I. The van der Waals surface area contributed by atoms with Crippen LogP contribution in [-0.2, 0) is 6.42 Å². The second-order valence-corrected chi connectivity index (χ2v) is 7.55. The zero-order valence-electron chi connectivity index (χ0n) is 18.6. The standard InChI is InChI=1S/C23H31ClN4O2.HI/c1-5-25-23(28(4)14-15-30-21-11-7-10-20(24)17-21)26-13-12-18-8-6-9-19(16-18)22(29)27(2)3;/h6-11,16-17H,5,12-15H2,1-4H3,(H,25,26);1H. The van der Waals surface area contributed by atoms with E-state index in [2.05, 4.69) is 5.32 Å². The maximum Gasteiger partial charge on any atom is 0.253 e. The van der Waals surface area contributed by atoms with Gasteiger partial charge in [-0.05, 0) is 49.2 Å². The predicted octanol–water partition coefficient (Wildman–Crippen LogP) is 4.18. The van der Waals surface area contributed by atoms with Crippen LogP contribution in [0.5, 0.6) is 5.75 Å². The molecule has 2 aromatic carbocycles. The summed E-state index contributed by atoms with van der Waals surface area (Å²) >= 11 is 5.99. The van der Waals surface area contributed by atoms with Crippen LogP contribution in [0.15, 0.2) is 53.5 Å². The summed E-state index contributed by atoms with van der Waals surface area (Å²) in [6.45, 7) is 4.66. The Morgan fingerprint density at radius 1 is 1.13 bits per heavy atom. The number of rotatable bonds is 9. The van der Waals surface area contributed by atoms with Gasteiger partial charge in [-0.25, -0.2) is 0 Å². The number of nitrogens with one attached hydrogen (secondary N) is 1. The molecule has 2 rings (SSSR count). The molecule has 0 saturated heterocycles. The van der Waals surface area contributed by atoms with Crippen molar-refractivity contribution in [2.24, 2.45) is 4.99 Å². The quantitative estimate of drug-likeness (QED) is 0.285. The zero-order valence-corrected chi connectivity index (χ0v) is 21.7. The van der Waals surface area contributed by atoms with Crippen LogP contribution in [-0.4, -0.2) is 69.1 Å². The minimum Gasteiger partial charge on any atom is -0.492 e. The van der Waals surface area contributed by atoms with Crippen LogP contribution < -0.4 is 10.1 Å². The molecule has 0 aliphatic rings. The first-order valence-corrected chi connectivity index (χ1v) is 10.5. The van der Waals surface area contributed by atoms with E-state index in [1.807, 2.05) is 61.3 Å². The molecule has 0 heterocycles. The molecule has 0 radical (unpaired) electrons. The smallest absolute Gasteiger partial charge is 0.253 e. The van der Waals surface area contributed by atoms with Crippen molar-refractivity contribution in [2.45, 2.75) is 13.3 Å². The van der Waals surface area contributed by atoms with Gasteiger partial charge < -0.3 is 19.9 Å². The van der Waals surface area contributed by atoms with Crippen LogP contribution >= 0.6 is 35.6 Å². The summed E-state index contributed by atoms with van der Waals surface area (Å²) in [4.78, 5) is 20.5. The summed E-state index contributed by atoms with van der Waals surface area (Å²) in [5.41, 5.74) is 1.79. The van der Waals surface area contributed by atoms with Gasteiger partial charge in [0.25, 0.3) is 5.91 Å². The number of benzene rings is 2. The van der Waals surface area contributed by atoms with Gasteiger partial charge in [-0.15, -0.1) is 24.0 Å². The molecule has 8 heteroatoms. The molecule has 170 valence electrons. The first kappa shape index (κ1) is 27.0. The molecule has 1 amide bonds. The van der Waals surface area contributed by atoms with Gasteiger partial charge in [-0.2, -0.15) is 0 Å². The molecule has 0 atom stereocenters. The topological polar surface area (TPSA) is 57.2 Å². The van der Waals surface area contributed by atoms with E-state index in [1.165, 1.54) is 0 Å². The third kappa shape index (κ3) is 9.35. The number of likely N-dealkylation sites (N-methyl/N-ethyl adjacent to an activating group) is 1. The van der Waals surface area contributed by atoms with Gasteiger partial charge in [0.2, 0.25) is 0 Å². The molecule has 0 aromatic heterocycles. The van der Waals surface area contributed by atoms with Crippen molar-refractivity contribution in [3.05, 3.63) is 64.7 Å². The molecule has 0 aliphatic heterocycles. The second kappa shape index (κ2) is 14.1. The van der Waals surface area contributed by atoms with Crippen LogP contribution in [0.2, 0.25) is 5.02 Å². The van der Waals surface area contributed by atoms with Crippen molar-refractivity contribution in [3.8, 4) is 5.75 Å². The van der Waals surface area contributed by atoms with E-state index in [0.29, 0.717) is 30.3 Å². The monoisotopic (exact) mass is 558 g/mol. The molecule has 0 fully saturated rings. The van der Waals surface area contributed by atoms with Gasteiger partial charge in [0.15, 0.2) is 5.96 Å². The van der Waals surface area contributed by atoms with E-state index in [0.717, 1.165) is 30.2 Å². The fraction of sp³-hybridized carbons (Fsp3) is 0.391. The molecule has 0 unspecified atom stereocenters. The summed E-state index contributed by atoms with van der Waals surface area (Å²) in [6.07, 6.45) is 0.760. The van der Waals surface area contributed by atoms with Gasteiger partial charge >= 0.3 is 0 Å². The summed E-state index contributed by atoms with van der Waals surface area (Å²) in [7, 11) is 5.50. The normalized spacial score (nSPS) is 10.8. The van der Waals surface area contributed by atoms with Crippen LogP contribution in [0.25, 0.3) is 0 Å². The third-order valence-corrected chi connectivity index (χ3v) is 4.67. The van der Waals surface area contributed by atoms with Gasteiger partial charge in [0, 0.05) is 44.8 Å². The molecular weight excluding hydrogens is 527 g/mol. The maximum atomic E-state index is 12.1. The van der Waals surface area contributed by atoms with Crippen LogP contribution in [0.3, 0.4) is 0 Å². The van der Waals surface area contributed by atoms with E-state index in [4.69, 9.17) is 21.3 Å². The van der Waals surface area contributed by atoms with Crippen molar-refractivity contribution < 1.29 is 9.53 Å². The number of aliphatic imine (C=N–C) groups is 1. The number of amides is 1. The predicted molar refractivity (Wildman–Crippen MR) is 139 cm³/mol. The van der Waals surface area contributed by atoms with Gasteiger partial charge in [-0.1, -0.05) is 29.8 Å². The van der Waals surface area contributed by atoms with Gasteiger partial charge in [-0.3, -0.25) is 9.79 Å². The lowest BCUT2D eigenvalue weighted by atomic mass is 10.1. The summed E-state index contributed by atoms with van der Waals surface area (Å²) in [5, 5.41) is 3.97. The third-order valence-electron chi connectivity index (χ3n) is 4.43. The highest BCUT2D eigenvalue weighted by molar-refractivity contribution is 14.0. The first-order chi connectivity index (χ1) is 14.4. The van der Waals surface area contributed by atoms with Crippen molar-refractivity contribution in [1.29, 1.82) is 0 Å². The number of carbonyl (C=O) groups excluding carboxylic acids is 1. The molecule has 6 nitrogen and oxygen atoms in total. The minimum absolute atomic E-state index is 0. The van der Waals surface area contributed by atoms with E-state index in [9.17, 15) is 4.79 Å². The minimum atomic E-state index is 0. The summed E-state index contributed by atoms with van der Waals surface area (Å²) in [5.74, 6) is 1.59. The Hall–Kier alpha value is -2.00. The Balaban J connectivity index is 0.00000480. The number of guanidine groups is 1. The summed E-state index contributed by atoms with van der Waals surface area (Å²) < 4.78 is 5.77. The van der Waals surface area contributed by atoms with Crippen LogP contribution in [0.4, 0.5) is 0 Å². The Morgan fingerprint density at radius 3 is 2.55 bits per heavy atom. The molecule has 0 spiro atoms. The Labute approximate surface area is 207 Å². The van der Waals surface area contributed by atoms with Crippen LogP contribution in [0, 0.1) is 0 Å². The number of hydrogen-bond donors (Lipinski definition) is 1. The second-order valence-electron chi connectivity index (χ2n) is 7.11. The molecule has 31 heavy (non-hydrogen) atoms. The number of ether oxygens (including phenoxy) is 1. The van der Waals surface area contributed by atoms with Crippen LogP contribution in [0.1, 0.15) is 22.8 Å². The van der Waals surface area contributed by atoms with Crippen molar-refractivity contribution in [3.63, 3.8) is 0 Å². The van der Waals surface area contributed by atoms with E-state index < -0.39 is 0 Å². The van der Waals surface area contributed by atoms with E-state index in [-0.39, 0.29) is 29.9 Å². The Morgan fingerprint density at radius 2 is 1.87 bits per heavy atom. The highest BCUT2D eigenvalue weighted by Gasteiger charge is 2.09. The number of halogens is 2. The molecule has 0 aliphatic carbocycles. The lowest BCUT2D eigenvalue weighted by Gasteiger charge is -2.22. The molecule has 2 aromatic rings. The molecular formula is C23H32ClIN4O2. The lowest BCUT2D eigenvalue weighted by Crippen LogP contribution is -2.41. The molecule has 1 N–H and O–H groups in total. The number of hydrogen-bond acceptors (Lipinski definition) is 3. The fourth-order valence-corrected chi connectivity index (χ4v) is 3.02. The Bertz CT molecular complexity index is 861. The average molecular weight is 559 g/mol. The van der Waals surface area contributed by atoms with Gasteiger partial charge in [0.1, 0.15) is 12.4 Å². The molecule has 0 saturated carbocycles. The fourth-order valence-electron chi connectivity index (χ4n) is 2.84. The highest BCUT2D eigenvalue weighted by atomic mass is 127. The average Bonchev–Trinajstić information content (AvgIpc) is 2.72. The summed E-state index contributed by atoms with van der Waals surface area (Å²) in [6, 6.07) is 15.1. The maximum absolute atomic E-state index is 12.1. The first-order valence-electron chi connectivity index (χ1n) is 10.1. The lowest BCUT2D eigenvalue weighted by molar-refractivity contribution is 0.0827. The van der Waals surface area contributed by atoms with Crippen molar-refractivity contribution >= 4 is 47.4 Å².